The average Bonchev–Trinajstić information content (AvgIpc) is 2.75. The van der Waals surface area contributed by atoms with Crippen LogP contribution in [0, 0.1) is 5.92 Å². The molecule has 2 aromatic rings. The molecule has 0 aliphatic heterocycles. The highest BCUT2D eigenvalue weighted by Crippen LogP contribution is 2.33. The van der Waals surface area contributed by atoms with Crippen molar-refractivity contribution < 1.29 is 24.2 Å². The van der Waals surface area contributed by atoms with Crippen LogP contribution >= 0.6 is 11.6 Å². The molecule has 1 aromatic carbocycles. The number of hydrogen-bond donors (Lipinski definition) is 2. The van der Waals surface area contributed by atoms with Gasteiger partial charge in [-0.2, -0.15) is 0 Å². The van der Waals surface area contributed by atoms with Gasteiger partial charge in [0.1, 0.15) is 5.54 Å². The van der Waals surface area contributed by atoms with Crippen LogP contribution in [0.2, 0.25) is 5.02 Å². The Balaban J connectivity index is 1.71. The van der Waals surface area contributed by atoms with Crippen LogP contribution in [0.1, 0.15) is 48.5 Å². The normalized spacial score (nSPS) is 20.7. The summed E-state index contributed by atoms with van der Waals surface area (Å²) in [5.74, 6) is -0.480. The van der Waals surface area contributed by atoms with Gasteiger partial charge < -0.3 is 19.9 Å². The Kier molecular flexibility index (Phi) is 7.38. The van der Waals surface area contributed by atoms with Crippen LogP contribution < -0.4 is 14.8 Å². The number of rotatable bonds is 8. The standard InChI is InChI=1S/C23H27ClN2O5/c1-15-6-9-23(10-7-15,22(28)29)26-20(27)17-13-19(21(30-2)25-14-17)31-11-8-16-4-3-5-18(24)12-16/h3-5,12-15H,6-11H2,1-2H3,(H,26,27)(H,28,29). The predicted octanol–water partition coefficient (Wildman–Crippen LogP) is 4.13. The maximum absolute atomic E-state index is 12.9. The molecule has 31 heavy (non-hydrogen) atoms. The fourth-order valence-electron chi connectivity index (χ4n) is 3.72. The number of hydrogen-bond acceptors (Lipinski definition) is 5. The number of amides is 1. The van der Waals surface area contributed by atoms with Gasteiger partial charge in [0.2, 0.25) is 0 Å². The van der Waals surface area contributed by atoms with E-state index in [-0.39, 0.29) is 11.4 Å². The summed E-state index contributed by atoms with van der Waals surface area (Å²) in [4.78, 5) is 29.0. The van der Waals surface area contributed by atoms with Crippen LogP contribution in [0.25, 0.3) is 0 Å². The van der Waals surface area contributed by atoms with Crippen molar-refractivity contribution in [3.63, 3.8) is 0 Å². The first-order valence-electron chi connectivity index (χ1n) is 10.3. The summed E-state index contributed by atoms with van der Waals surface area (Å²) >= 11 is 6.01. The monoisotopic (exact) mass is 446 g/mol. The van der Waals surface area contributed by atoms with Gasteiger partial charge >= 0.3 is 5.97 Å². The number of aliphatic carboxylic acids is 1. The van der Waals surface area contributed by atoms with Crippen molar-refractivity contribution >= 4 is 23.5 Å². The molecular formula is C23H27ClN2O5. The third-order valence-electron chi connectivity index (χ3n) is 5.70. The zero-order chi connectivity index (χ0) is 22.4. The highest BCUT2D eigenvalue weighted by molar-refractivity contribution is 6.30. The van der Waals surface area contributed by atoms with Crippen LogP contribution in [0.4, 0.5) is 0 Å². The zero-order valence-electron chi connectivity index (χ0n) is 17.7. The minimum atomic E-state index is -1.25. The summed E-state index contributed by atoms with van der Waals surface area (Å²) in [6.07, 6.45) is 4.29. The van der Waals surface area contributed by atoms with Gasteiger partial charge in [-0.3, -0.25) is 4.79 Å². The molecule has 3 rings (SSSR count). The number of aromatic nitrogens is 1. The Labute approximate surface area is 186 Å². The third-order valence-corrected chi connectivity index (χ3v) is 5.94. The molecule has 1 fully saturated rings. The average molecular weight is 447 g/mol. The minimum absolute atomic E-state index is 0.220. The van der Waals surface area contributed by atoms with E-state index in [1.54, 1.807) is 6.07 Å². The van der Waals surface area contributed by atoms with Crippen molar-refractivity contribution in [1.82, 2.24) is 10.3 Å². The van der Waals surface area contributed by atoms with Crippen molar-refractivity contribution in [2.24, 2.45) is 5.92 Å². The molecule has 1 saturated carbocycles. The minimum Gasteiger partial charge on any atom is -0.488 e. The summed E-state index contributed by atoms with van der Waals surface area (Å²) in [6.45, 7) is 2.43. The summed E-state index contributed by atoms with van der Waals surface area (Å²) in [6, 6.07) is 9.01. The summed E-state index contributed by atoms with van der Waals surface area (Å²) < 4.78 is 11.1. The highest BCUT2D eigenvalue weighted by atomic mass is 35.5. The van der Waals surface area contributed by atoms with E-state index in [1.165, 1.54) is 19.4 Å². The van der Waals surface area contributed by atoms with Crippen molar-refractivity contribution in [2.45, 2.75) is 44.6 Å². The molecule has 1 aromatic heterocycles. The number of nitrogens with one attached hydrogen (secondary N) is 1. The fraction of sp³-hybridized carbons (Fsp3) is 0.435. The molecule has 0 unspecified atom stereocenters. The first-order chi connectivity index (χ1) is 14.8. The summed E-state index contributed by atoms with van der Waals surface area (Å²) in [5, 5.41) is 13.2. The number of carbonyl (C=O) groups excluding carboxylic acids is 1. The largest absolute Gasteiger partial charge is 0.488 e. The second-order valence-corrected chi connectivity index (χ2v) is 8.42. The van der Waals surface area contributed by atoms with Crippen LogP contribution in [-0.2, 0) is 11.2 Å². The molecule has 0 atom stereocenters. The Morgan fingerprint density at radius 2 is 2.03 bits per heavy atom. The number of nitrogens with zero attached hydrogens (tertiary/aromatic N) is 1. The quantitative estimate of drug-likeness (QED) is 0.632. The number of carboxylic acid groups (broad SMARTS) is 1. The molecule has 2 N–H and O–H groups in total. The Hall–Kier alpha value is -2.80. The number of carbonyl (C=O) groups is 2. The van der Waals surface area contributed by atoms with Gasteiger partial charge in [0.05, 0.1) is 19.3 Å². The highest BCUT2D eigenvalue weighted by Gasteiger charge is 2.42. The lowest BCUT2D eigenvalue weighted by Gasteiger charge is -2.36. The van der Waals surface area contributed by atoms with E-state index in [1.807, 2.05) is 18.2 Å². The molecule has 1 amide bonds. The molecule has 1 aliphatic carbocycles. The second kappa shape index (κ2) is 10.0. The number of carboxylic acids is 1. The van der Waals surface area contributed by atoms with Crippen molar-refractivity contribution in [3.8, 4) is 11.6 Å². The number of halogens is 1. The van der Waals surface area contributed by atoms with Gasteiger partial charge in [-0.05, 0) is 49.3 Å². The van der Waals surface area contributed by atoms with Crippen LogP contribution in [-0.4, -0.2) is 41.2 Å². The van der Waals surface area contributed by atoms with Crippen molar-refractivity contribution in [2.75, 3.05) is 13.7 Å². The smallest absolute Gasteiger partial charge is 0.329 e. The molecule has 7 nitrogen and oxygen atoms in total. The molecule has 0 saturated heterocycles. The van der Waals surface area contributed by atoms with E-state index in [0.717, 1.165) is 18.4 Å². The number of ether oxygens (including phenoxy) is 2. The van der Waals surface area contributed by atoms with Crippen molar-refractivity contribution in [1.29, 1.82) is 0 Å². The lowest BCUT2D eigenvalue weighted by atomic mass is 9.77. The molecule has 8 heteroatoms. The zero-order valence-corrected chi connectivity index (χ0v) is 18.4. The molecule has 0 bridgehead atoms. The Bertz CT molecular complexity index is 941. The summed E-state index contributed by atoms with van der Waals surface area (Å²) in [7, 11) is 1.47. The predicted molar refractivity (Wildman–Crippen MR) is 117 cm³/mol. The number of methoxy groups -OCH3 is 1. The Morgan fingerprint density at radius 3 is 2.68 bits per heavy atom. The van der Waals surface area contributed by atoms with E-state index in [9.17, 15) is 14.7 Å². The van der Waals surface area contributed by atoms with Crippen LogP contribution in [0.15, 0.2) is 36.5 Å². The molecule has 0 spiro atoms. The van der Waals surface area contributed by atoms with Gasteiger partial charge in [0, 0.05) is 23.7 Å². The molecule has 0 radical (unpaired) electrons. The van der Waals surface area contributed by atoms with E-state index in [0.29, 0.717) is 42.6 Å². The lowest BCUT2D eigenvalue weighted by molar-refractivity contribution is -0.146. The first kappa shape index (κ1) is 22.9. The Morgan fingerprint density at radius 1 is 1.29 bits per heavy atom. The van der Waals surface area contributed by atoms with Crippen LogP contribution in [0.5, 0.6) is 11.6 Å². The molecule has 1 heterocycles. The third kappa shape index (κ3) is 5.67. The second-order valence-electron chi connectivity index (χ2n) is 7.98. The topological polar surface area (TPSA) is 97.8 Å². The maximum atomic E-state index is 12.9. The molecular weight excluding hydrogens is 420 g/mol. The first-order valence-corrected chi connectivity index (χ1v) is 10.7. The van der Waals surface area contributed by atoms with Crippen molar-refractivity contribution in [3.05, 3.63) is 52.7 Å². The SMILES string of the molecule is COc1ncc(C(=O)NC2(C(=O)O)CCC(C)CC2)cc1OCCc1cccc(Cl)c1. The number of benzene rings is 1. The van der Waals surface area contributed by atoms with Gasteiger partial charge in [0.25, 0.3) is 11.8 Å². The van der Waals surface area contributed by atoms with E-state index >= 15 is 0 Å². The van der Waals surface area contributed by atoms with E-state index in [2.05, 4.69) is 17.2 Å². The number of pyridine rings is 1. The van der Waals surface area contributed by atoms with Crippen LogP contribution in [0.3, 0.4) is 0 Å². The van der Waals surface area contributed by atoms with Gasteiger partial charge in [0.15, 0.2) is 5.75 Å². The lowest BCUT2D eigenvalue weighted by Crippen LogP contribution is -2.56. The molecule has 166 valence electrons. The van der Waals surface area contributed by atoms with E-state index in [4.69, 9.17) is 21.1 Å². The van der Waals surface area contributed by atoms with Gasteiger partial charge in [-0.15, -0.1) is 0 Å². The van der Waals surface area contributed by atoms with Gasteiger partial charge in [-0.25, -0.2) is 9.78 Å². The van der Waals surface area contributed by atoms with Gasteiger partial charge in [-0.1, -0.05) is 30.7 Å². The fourth-order valence-corrected chi connectivity index (χ4v) is 3.93. The maximum Gasteiger partial charge on any atom is 0.329 e. The summed E-state index contributed by atoms with van der Waals surface area (Å²) in [5.41, 5.74) is -0.0158. The molecule has 1 aliphatic rings. The van der Waals surface area contributed by atoms with E-state index < -0.39 is 17.4 Å².